The zero-order valence-corrected chi connectivity index (χ0v) is 14.4. The first-order valence-electron chi connectivity index (χ1n) is 7.20. The molecule has 0 aromatic heterocycles. The minimum Gasteiger partial charge on any atom is -0.371 e. The van der Waals surface area contributed by atoms with Crippen molar-refractivity contribution in [2.75, 3.05) is 11.9 Å². The van der Waals surface area contributed by atoms with Crippen molar-refractivity contribution in [3.05, 3.63) is 28.2 Å². The first kappa shape index (κ1) is 16.5. The SMILES string of the molecule is CCCC(C)N(C)c1ccc(CNC(C)C)cc1Br. The molecule has 19 heavy (non-hydrogen) atoms. The third kappa shape index (κ3) is 5.15. The molecule has 0 radical (unpaired) electrons. The number of nitrogens with one attached hydrogen (secondary N) is 1. The van der Waals surface area contributed by atoms with Gasteiger partial charge in [-0.3, -0.25) is 0 Å². The Morgan fingerprint density at radius 3 is 2.47 bits per heavy atom. The van der Waals surface area contributed by atoms with Gasteiger partial charge in [-0.15, -0.1) is 0 Å². The predicted molar refractivity (Wildman–Crippen MR) is 88.9 cm³/mol. The highest BCUT2D eigenvalue weighted by atomic mass is 79.9. The van der Waals surface area contributed by atoms with Gasteiger partial charge < -0.3 is 10.2 Å². The Morgan fingerprint density at radius 1 is 1.26 bits per heavy atom. The Hall–Kier alpha value is -0.540. The van der Waals surface area contributed by atoms with Crippen LogP contribution in [0.4, 0.5) is 5.69 Å². The molecule has 0 spiro atoms. The van der Waals surface area contributed by atoms with Gasteiger partial charge in [-0.05, 0) is 47.0 Å². The van der Waals surface area contributed by atoms with Crippen LogP contribution in [0, 0.1) is 0 Å². The summed E-state index contributed by atoms with van der Waals surface area (Å²) in [5, 5.41) is 3.45. The van der Waals surface area contributed by atoms with Crippen LogP contribution in [0.5, 0.6) is 0 Å². The van der Waals surface area contributed by atoms with Crippen molar-refractivity contribution in [3.8, 4) is 0 Å². The zero-order valence-electron chi connectivity index (χ0n) is 12.8. The van der Waals surface area contributed by atoms with E-state index < -0.39 is 0 Å². The third-order valence-electron chi connectivity index (χ3n) is 3.47. The van der Waals surface area contributed by atoms with E-state index in [1.807, 2.05) is 0 Å². The molecule has 0 amide bonds. The van der Waals surface area contributed by atoms with E-state index in [4.69, 9.17) is 0 Å². The molecule has 0 aliphatic heterocycles. The second kappa shape index (κ2) is 7.91. The summed E-state index contributed by atoms with van der Waals surface area (Å²) in [6.45, 7) is 9.78. The number of nitrogens with zero attached hydrogens (tertiary/aromatic N) is 1. The topological polar surface area (TPSA) is 15.3 Å². The molecule has 1 unspecified atom stereocenters. The van der Waals surface area contributed by atoms with Crippen LogP contribution in [0.3, 0.4) is 0 Å². The summed E-state index contributed by atoms with van der Waals surface area (Å²) in [5.74, 6) is 0. The van der Waals surface area contributed by atoms with Crippen molar-refractivity contribution in [3.63, 3.8) is 0 Å². The molecular formula is C16H27BrN2. The summed E-state index contributed by atoms with van der Waals surface area (Å²) in [5.41, 5.74) is 2.59. The van der Waals surface area contributed by atoms with Crippen LogP contribution in [0.15, 0.2) is 22.7 Å². The van der Waals surface area contributed by atoms with Gasteiger partial charge in [-0.1, -0.05) is 33.3 Å². The summed E-state index contributed by atoms with van der Waals surface area (Å²) in [6, 6.07) is 7.74. The molecule has 2 nitrogen and oxygen atoms in total. The van der Waals surface area contributed by atoms with E-state index >= 15 is 0 Å². The fraction of sp³-hybridized carbons (Fsp3) is 0.625. The lowest BCUT2D eigenvalue weighted by atomic mass is 10.1. The molecule has 0 saturated carbocycles. The number of anilines is 1. The molecule has 0 heterocycles. The highest BCUT2D eigenvalue weighted by molar-refractivity contribution is 9.10. The molecule has 0 aliphatic carbocycles. The zero-order chi connectivity index (χ0) is 14.4. The lowest BCUT2D eigenvalue weighted by Gasteiger charge is -2.28. The average molecular weight is 327 g/mol. The Labute approximate surface area is 126 Å². The highest BCUT2D eigenvalue weighted by Crippen LogP contribution is 2.28. The van der Waals surface area contributed by atoms with Gasteiger partial charge in [0.15, 0.2) is 0 Å². The van der Waals surface area contributed by atoms with Crippen LogP contribution in [-0.2, 0) is 6.54 Å². The van der Waals surface area contributed by atoms with Crippen LogP contribution >= 0.6 is 15.9 Å². The number of hydrogen-bond donors (Lipinski definition) is 1. The van der Waals surface area contributed by atoms with E-state index in [-0.39, 0.29) is 0 Å². The Balaban J connectivity index is 2.76. The molecule has 1 aromatic carbocycles. The summed E-state index contributed by atoms with van der Waals surface area (Å²) >= 11 is 3.70. The molecule has 3 heteroatoms. The van der Waals surface area contributed by atoms with Gasteiger partial charge in [0.1, 0.15) is 0 Å². The summed E-state index contributed by atoms with van der Waals surface area (Å²) in [6.07, 6.45) is 2.44. The molecule has 1 N–H and O–H groups in total. The monoisotopic (exact) mass is 326 g/mol. The molecule has 1 aromatic rings. The van der Waals surface area contributed by atoms with E-state index in [0.717, 1.165) is 6.54 Å². The van der Waals surface area contributed by atoms with Crippen molar-refractivity contribution >= 4 is 21.6 Å². The van der Waals surface area contributed by atoms with E-state index in [0.29, 0.717) is 12.1 Å². The molecule has 1 atom stereocenters. The highest BCUT2D eigenvalue weighted by Gasteiger charge is 2.12. The number of hydrogen-bond acceptors (Lipinski definition) is 2. The predicted octanol–water partition coefficient (Wildman–Crippen LogP) is 4.57. The maximum atomic E-state index is 3.70. The van der Waals surface area contributed by atoms with Gasteiger partial charge in [0.25, 0.3) is 0 Å². The van der Waals surface area contributed by atoms with Crippen LogP contribution < -0.4 is 10.2 Å². The second-order valence-electron chi connectivity index (χ2n) is 5.57. The van der Waals surface area contributed by atoms with Crippen LogP contribution in [0.25, 0.3) is 0 Å². The molecular weight excluding hydrogens is 300 g/mol. The summed E-state index contributed by atoms with van der Waals surface area (Å²) < 4.78 is 1.18. The van der Waals surface area contributed by atoms with E-state index in [2.05, 4.69) is 79.1 Å². The van der Waals surface area contributed by atoms with Gasteiger partial charge in [0.2, 0.25) is 0 Å². The van der Waals surface area contributed by atoms with Gasteiger partial charge in [0, 0.05) is 30.1 Å². The summed E-state index contributed by atoms with van der Waals surface area (Å²) in [7, 11) is 2.17. The fourth-order valence-corrected chi connectivity index (χ4v) is 2.82. The van der Waals surface area contributed by atoms with Crippen molar-refractivity contribution < 1.29 is 0 Å². The van der Waals surface area contributed by atoms with Crippen molar-refractivity contribution in [2.45, 2.75) is 59.2 Å². The fourth-order valence-electron chi connectivity index (χ4n) is 2.12. The number of rotatable bonds is 7. The van der Waals surface area contributed by atoms with Crippen LogP contribution in [0.2, 0.25) is 0 Å². The van der Waals surface area contributed by atoms with E-state index in [1.165, 1.54) is 28.6 Å². The maximum absolute atomic E-state index is 3.70. The van der Waals surface area contributed by atoms with Gasteiger partial charge >= 0.3 is 0 Å². The maximum Gasteiger partial charge on any atom is 0.0510 e. The van der Waals surface area contributed by atoms with Crippen molar-refractivity contribution in [2.24, 2.45) is 0 Å². The van der Waals surface area contributed by atoms with Crippen LogP contribution in [-0.4, -0.2) is 19.1 Å². The van der Waals surface area contributed by atoms with Gasteiger partial charge in [0.05, 0.1) is 5.69 Å². The molecule has 108 valence electrons. The normalized spacial score (nSPS) is 12.8. The lowest BCUT2D eigenvalue weighted by Crippen LogP contribution is -2.29. The van der Waals surface area contributed by atoms with Gasteiger partial charge in [-0.25, -0.2) is 0 Å². The third-order valence-corrected chi connectivity index (χ3v) is 4.11. The second-order valence-corrected chi connectivity index (χ2v) is 6.42. The molecule has 0 aliphatic rings. The molecule has 0 fully saturated rings. The largest absolute Gasteiger partial charge is 0.371 e. The lowest BCUT2D eigenvalue weighted by molar-refractivity contribution is 0.588. The quantitative estimate of drug-likeness (QED) is 0.789. The Morgan fingerprint density at radius 2 is 1.95 bits per heavy atom. The molecule has 0 saturated heterocycles. The minimum atomic E-state index is 0.519. The van der Waals surface area contributed by atoms with E-state index in [9.17, 15) is 0 Å². The Bertz CT molecular complexity index is 390. The smallest absolute Gasteiger partial charge is 0.0510 e. The standard InChI is InChI=1S/C16H27BrN2/c1-6-7-13(4)19(5)16-9-8-14(10-15(16)17)11-18-12(2)3/h8-10,12-13,18H,6-7,11H2,1-5H3. The van der Waals surface area contributed by atoms with Crippen molar-refractivity contribution in [1.29, 1.82) is 0 Å². The van der Waals surface area contributed by atoms with Crippen LogP contribution in [0.1, 0.15) is 46.1 Å². The Kier molecular flexibility index (Phi) is 6.87. The first-order chi connectivity index (χ1) is 8.95. The first-order valence-corrected chi connectivity index (χ1v) is 7.99. The van der Waals surface area contributed by atoms with E-state index in [1.54, 1.807) is 0 Å². The molecule has 1 rings (SSSR count). The minimum absolute atomic E-state index is 0.519. The number of halogens is 1. The molecule has 0 bridgehead atoms. The van der Waals surface area contributed by atoms with Gasteiger partial charge in [-0.2, -0.15) is 0 Å². The average Bonchev–Trinajstić information content (AvgIpc) is 2.36. The van der Waals surface area contributed by atoms with Crippen molar-refractivity contribution in [1.82, 2.24) is 5.32 Å². The number of benzene rings is 1. The summed E-state index contributed by atoms with van der Waals surface area (Å²) in [4.78, 5) is 2.35.